The normalized spacial score (nSPS) is 17.2. The Bertz CT molecular complexity index is 1100. The number of ether oxygens (including phenoxy) is 2. The van der Waals surface area contributed by atoms with Crippen LogP contribution in [0.5, 0.6) is 11.5 Å². The number of rotatable bonds is 7. The van der Waals surface area contributed by atoms with Gasteiger partial charge in [-0.2, -0.15) is 4.98 Å². The van der Waals surface area contributed by atoms with Crippen LogP contribution in [0.1, 0.15) is 43.2 Å². The van der Waals surface area contributed by atoms with E-state index in [0.29, 0.717) is 29.1 Å². The number of aromatic nitrogens is 2. The molecule has 3 aromatic rings. The van der Waals surface area contributed by atoms with Gasteiger partial charge in [-0.3, -0.25) is 0 Å². The zero-order valence-corrected chi connectivity index (χ0v) is 19.5. The summed E-state index contributed by atoms with van der Waals surface area (Å²) >= 11 is 0. The highest BCUT2D eigenvalue weighted by atomic mass is 19.1. The van der Waals surface area contributed by atoms with Crippen molar-refractivity contribution in [2.24, 2.45) is 5.92 Å². The lowest BCUT2D eigenvalue weighted by atomic mass is 9.78. The van der Waals surface area contributed by atoms with E-state index in [0.717, 1.165) is 36.8 Å². The van der Waals surface area contributed by atoms with E-state index < -0.39 is 0 Å². The van der Waals surface area contributed by atoms with Crippen LogP contribution in [0, 0.1) is 11.7 Å². The zero-order chi connectivity index (χ0) is 23.4. The van der Waals surface area contributed by atoms with Gasteiger partial charge in [-0.15, -0.1) is 0 Å². The number of methoxy groups -OCH3 is 2. The molecule has 1 atom stereocenters. The summed E-state index contributed by atoms with van der Waals surface area (Å²) in [5.41, 5.74) is 3.28. The second-order valence-corrected chi connectivity index (χ2v) is 8.63. The second-order valence-electron chi connectivity index (χ2n) is 8.63. The Balaban J connectivity index is 1.44. The molecule has 0 radical (unpaired) electrons. The van der Waals surface area contributed by atoms with E-state index in [1.54, 1.807) is 26.4 Å². The highest BCUT2D eigenvalue weighted by molar-refractivity contribution is 5.61. The van der Waals surface area contributed by atoms with Gasteiger partial charge in [0, 0.05) is 17.7 Å². The quantitative estimate of drug-likeness (QED) is 0.455. The Morgan fingerprint density at radius 2 is 1.73 bits per heavy atom. The first-order valence-corrected chi connectivity index (χ1v) is 11.2. The molecule has 1 aliphatic carbocycles. The van der Waals surface area contributed by atoms with Crippen LogP contribution in [-0.2, 0) is 0 Å². The van der Waals surface area contributed by atoms with E-state index in [4.69, 9.17) is 14.0 Å². The van der Waals surface area contributed by atoms with Crippen molar-refractivity contribution in [3.05, 3.63) is 65.3 Å². The minimum absolute atomic E-state index is 0.197. The largest absolute Gasteiger partial charge is 0.493 e. The van der Waals surface area contributed by atoms with E-state index >= 15 is 0 Å². The van der Waals surface area contributed by atoms with E-state index in [1.165, 1.54) is 5.57 Å². The maximum Gasteiger partial charge on any atom is 0.250 e. The molecule has 1 saturated carbocycles. The molecular formula is C26H30FN3O3. The Labute approximate surface area is 194 Å². The van der Waals surface area contributed by atoms with Crippen LogP contribution in [0.15, 0.2) is 52.6 Å². The van der Waals surface area contributed by atoms with Gasteiger partial charge in [0.2, 0.25) is 5.82 Å². The van der Waals surface area contributed by atoms with Crippen molar-refractivity contribution >= 4 is 6.08 Å². The Kier molecular flexibility index (Phi) is 7.08. The molecule has 1 aromatic heterocycles. The number of hydrogen-bond donors (Lipinski definition) is 0. The van der Waals surface area contributed by atoms with E-state index in [-0.39, 0.29) is 11.9 Å². The van der Waals surface area contributed by atoms with Gasteiger partial charge in [-0.25, -0.2) is 4.39 Å². The molecule has 1 fully saturated rings. The fourth-order valence-electron chi connectivity index (χ4n) is 4.68. The van der Waals surface area contributed by atoms with Crippen molar-refractivity contribution in [2.75, 3.05) is 28.3 Å². The first kappa shape index (κ1) is 23.0. The molecule has 4 rings (SSSR count). The lowest BCUT2D eigenvalue weighted by Gasteiger charge is -2.36. The summed E-state index contributed by atoms with van der Waals surface area (Å²) in [5.74, 6) is 2.61. The lowest BCUT2D eigenvalue weighted by molar-refractivity contribution is 0.183. The van der Waals surface area contributed by atoms with Gasteiger partial charge in [0.05, 0.1) is 14.2 Å². The molecule has 1 aliphatic rings. The van der Waals surface area contributed by atoms with E-state index in [9.17, 15) is 4.39 Å². The van der Waals surface area contributed by atoms with Crippen molar-refractivity contribution in [1.29, 1.82) is 0 Å². The molecule has 174 valence electrons. The standard InChI is InChI=1S/C26H30FN3O3/c1-30(2)25(19-9-12-21(27)13-10-19)18-7-5-17(6-8-18)15-24-28-26(29-33-24)20-11-14-22(31-3)23(16-20)32-4/h9-16,18,25H,5-8H2,1-4H3. The van der Waals surface area contributed by atoms with Crippen molar-refractivity contribution in [2.45, 2.75) is 31.7 Å². The predicted octanol–water partition coefficient (Wildman–Crippen LogP) is 5.77. The summed E-state index contributed by atoms with van der Waals surface area (Å²) in [5, 5.41) is 4.13. The summed E-state index contributed by atoms with van der Waals surface area (Å²) in [6.07, 6.45) is 6.08. The van der Waals surface area contributed by atoms with Crippen LogP contribution in [0.2, 0.25) is 0 Å². The Morgan fingerprint density at radius 3 is 2.36 bits per heavy atom. The Hall–Kier alpha value is -3.19. The monoisotopic (exact) mass is 451 g/mol. The third-order valence-corrected chi connectivity index (χ3v) is 6.30. The molecule has 0 N–H and O–H groups in total. The minimum Gasteiger partial charge on any atom is -0.493 e. The van der Waals surface area contributed by atoms with Crippen molar-refractivity contribution < 1.29 is 18.4 Å². The van der Waals surface area contributed by atoms with Crippen LogP contribution in [0.3, 0.4) is 0 Å². The van der Waals surface area contributed by atoms with Crippen LogP contribution >= 0.6 is 0 Å². The number of allylic oxidation sites excluding steroid dienone is 1. The molecule has 1 unspecified atom stereocenters. The van der Waals surface area contributed by atoms with Crippen LogP contribution in [0.25, 0.3) is 17.5 Å². The third-order valence-electron chi connectivity index (χ3n) is 6.30. The first-order valence-electron chi connectivity index (χ1n) is 11.2. The van der Waals surface area contributed by atoms with Gasteiger partial charge in [0.1, 0.15) is 5.82 Å². The summed E-state index contributed by atoms with van der Waals surface area (Å²) in [6, 6.07) is 12.7. The summed E-state index contributed by atoms with van der Waals surface area (Å²) in [6.45, 7) is 0. The van der Waals surface area contributed by atoms with Crippen molar-refractivity contribution in [3.8, 4) is 22.9 Å². The van der Waals surface area contributed by atoms with Crippen LogP contribution in [-0.4, -0.2) is 43.4 Å². The molecule has 33 heavy (non-hydrogen) atoms. The van der Waals surface area contributed by atoms with Crippen LogP contribution in [0.4, 0.5) is 4.39 Å². The predicted molar refractivity (Wildman–Crippen MR) is 126 cm³/mol. The van der Waals surface area contributed by atoms with Crippen LogP contribution < -0.4 is 9.47 Å². The van der Waals surface area contributed by atoms with E-state index in [2.05, 4.69) is 29.1 Å². The van der Waals surface area contributed by atoms with Gasteiger partial charge in [-0.1, -0.05) is 22.9 Å². The lowest BCUT2D eigenvalue weighted by Crippen LogP contribution is -2.29. The molecule has 7 heteroatoms. The highest BCUT2D eigenvalue weighted by Gasteiger charge is 2.28. The summed E-state index contributed by atoms with van der Waals surface area (Å²) < 4.78 is 29.5. The van der Waals surface area contributed by atoms with Gasteiger partial charge in [-0.05, 0) is 81.6 Å². The fraction of sp³-hybridized carbons (Fsp3) is 0.385. The first-order chi connectivity index (χ1) is 16.0. The topological polar surface area (TPSA) is 60.6 Å². The summed E-state index contributed by atoms with van der Waals surface area (Å²) in [7, 11) is 7.38. The van der Waals surface area contributed by atoms with Crippen molar-refractivity contribution in [1.82, 2.24) is 15.0 Å². The third kappa shape index (κ3) is 5.25. The molecule has 1 heterocycles. The fourth-order valence-corrected chi connectivity index (χ4v) is 4.68. The average Bonchev–Trinajstić information content (AvgIpc) is 3.29. The molecule has 0 saturated heterocycles. The molecule has 0 amide bonds. The minimum atomic E-state index is -0.197. The molecule has 6 nitrogen and oxygen atoms in total. The average molecular weight is 452 g/mol. The van der Waals surface area contributed by atoms with E-state index in [1.807, 2.05) is 36.4 Å². The Morgan fingerprint density at radius 1 is 1.03 bits per heavy atom. The number of hydrogen-bond acceptors (Lipinski definition) is 6. The zero-order valence-electron chi connectivity index (χ0n) is 19.5. The summed E-state index contributed by atoms with van der Waals surface area (Å²) in [4.78, 5) is 6.79. The second kappa shape index (κ2) is 10.2. The number of nitrogens with zero attached hydrogens (tertiary/aromatic N) is 3. The maximum atomic E-state index is 13.4. The van der Waals surface area contributed by atoms with Gasteiger partial charge >= 0.3 is 0 Å². The van der Waals surface area contributed by atoms with Gasteiger partial charge in [0.25, 0.3) is 5.89 Å². The highest BCUT2D eigenvalue weighted by Crippen LogP contribution is 2.39. The number of halogens is 1. The number of benzene rings is 2. The van der Waals surface area contributed by atoms with Gasteiger partial charge < -0.3 is 18.9 Å². The smallest absolute Gasteiger partial charge is 0.250 e. The van der Waals surface area contributed by atoms with Gasteiger partial charge in [0.15, 0.2) is 11.5 Å². The molecule has 2 aromatic carbocycles. The molecule has 0 bridgehead atoms. The SMILES string of the molecule is COc1ccc(-c2noc(C=C3CCC(C(c4ccc(F)cc4)N(C)C)CC3)n2)cc1OC. The van der Waals surface area contributed by atoms with Crippen molar-refractivity contribution in [3.63, 3.8) is 0 Å². The maximum absolute atomic E-state index is 13.4. The molecular weight excluding hydrogens is 421 g/mol. The molecule has 0 spiro atoms. The molecule has 0 aliphatic heterocycles.